The largest absolute Gasteiger partial charge is 0.494 e. The summed E-state index contributed by atoms with van der Waals surface area (Å²) >= 11 is 1.22. The Hall–Kier alpha value is -3.25. The topological polar surface area (TPSA) is 50.6 Å². The first-order valence-corrected chi connectivity index (χ1v) is 12.7. The fraction of sp³-hybridized carbons (Fsp3) is 0.321. The second-order valence-electron chi connectivity index (χ2n) is 8.15. The van der Waals surface area contributed by atoms with Gasteiger partial charge in [-0.25, -0.2) is 0 Å². The highest BCUT2D eigenvalue weighted by molar-refractivity contribution is 7.00. The molecule has 34 heavy (non-hydrogen) atoms. The first-order chi connectivity index (χ1) is 16.7. The molecular formula is C28H32N4OS. The summed E-state index contributed by atoms with van der Waals surface area (Å²) in [4.78, 5) is 7.06. The Balaban J connectivity index is 1.83. The lowest BCUT2D eigenvalue weighted by atomic mass is 9.90. The molecule has 0 amide bonds. The third-order valence-electron chi connectivity index (χ3n) is 6.11. The van der Waals surface area contributed by atoms with Crippen molar-refractivity contribution in [2.24, 2.45) is 4.99 Å². The van der Waals surface area contributed by atoms with Crippen molar-refractivity contribution in [2.45, 2.75) is 33.6 Å². The summed E-state index contributed by atoms with van der Waals surface area (Å²) in [6, 6.07) is 12.9. The molecule has 3 aromatic rings. The van der Waals surface area contributed by atoms with Gasteiger partial charge in [-0.3, -0.25) is 4.99 Å². The van der Waals surface area contributed by atoms with Crippen LogP contribution >= 0.6 is 11.7 Å². The molecule has 0 bridgehead atoms. The van der Waals surface area contributed by atoms with E-state index in [-0.39, 0.29) is 0 Å². The van der Waals surface area contributed by atoms with E-state index in [0.29, 0.717) is 0 Å². The molecule has 0 fully saturated rings. The van der Waals surface area contributed by atoms with Crippen LogP contribution in [0.2, 0.25) is 0 Å². The van der Waals surface area contributed by atoms with Crippen molar-refractivity contribution in [1.82, 2.24) is 8.75 Å². The lowest BCUT2D eigenvalue weighted by Gasteiger charge is -2.22. The molecule has 0 atom stereocenters. The Bertz CT molecular complexity index is 1230. The molecule has 1 aromatic heterocycles. The number of aromatic nitrogens is 2. The maximum absolute atomic E-state index is 5.54. The lowest BCUT2D eigenvalue weighted by Crippen LogP contribution is -2.21. The average Bonchev–Trinajstić information content (AvgIpc) is 3.37. The third-order valence-corrected chi connectivity index (χ3v) is 6.64. The number of fused-ring (bicyclic) bond motifs is 1. The fourth-order valence-corrected chi connectivity index (χ4v) is 4.78. The fourth-order valence-electron chi connectivity index (χ4n) is 4.22. The minimum absolute atomic E-state index is 0.744. The number of anilines is 1. The van der Waals surface area contributed by atoms with Gasteiger partial charge >= 0.3 is 0 Å². The van der Waals surface area contributed by atoms with Crippen molar-refractivity contribution in [1.29, 1.82) is 0 Å². The lowest BCUT2D eigenvalue weighted by molar-refractivity contribution is 0.419. The van der Waals surface area contributed by atoms with Crippen molar-refractivity contribution in [3.63, 3.8) is 0 Å². The van der Waals surface area contributed by atoms with Crippen LogP contribution in [0.4, 0.5) is 5.69 Å². The average molecular weight is 473 g/mol. The normalized spacial score (nSPS) is 12.9. The number of methoxy groups -OCH3 is 1. The van der Waals surface area contributed by atoms with E-state index in [0.717, 1.165) is 77.2 Å². The molecule has 1 aliphatic rings. The van der Waals surface area contributed by atoms with E-state index in [1.165, 1.54) is 17.4 Å². The van der Waals surface area contributed by atoms with Gasteiger partial charge in [0.15, 0.2) is 0 Å². The molecule has 0 radical (unpaired) electrons. The van der Waals surface area contributed by atoms with E-state index in [2.05, 4.69) is 89.1 Å². The number of unbranched alkanes of at least 4 members (excludes halogenated alkanes) is 1. The van der Waals surface area contributed by atoms with Gasteiger partial charge in [0, 0.05) is 30.9 Å². The molecular weight excluding hydrogens is 440 g/mol. The Morgan fingerprint density at radius 1 is 0.912 bits per heavy atom. The SMILES string of the molecule is CCCCN=C1C=CC(=C(c2ccc(N(CC)CC)cc2)c2ccc(OC)c3nsnc23)C=C1. The minimum atomic E-state index is 0.744. The van der Waals surface area contributed by atoms with Crippen molar-refractivity contribution in [3.8, 4) is 5.75 Å². The second kappa shape index (κ2) is 11.3. The van der Waals surface area contributed by atoms with Crippen molar-refractivity contribution >= 4 is 39.7 Å². The van der Waals surface area contributed by atoms with Crippen LogP contribution in [-0.2, 0) is 0 Å². The highest BCUT2D eigenvalue weighted by Gasteiger charge is 2.18. The van der Waals surface area contributed by atoms with Gasteiger partial charge in [0.2, 0.25) is 0 Å². The van der Waals surface area contributed by atoms with Crippen LogP contribution in [0.3, 0.4) is 0 Å². The summed E-state index contributed by atoms with van der Waals surface area (Å²) in [6.45, 7) is 9.39. The monoisotopic (exact) mass is 472 g/mol. The Kier molecular flexibility index (Phi) is 7.91. The Morgan fingerprint density at radius 2 is 1.62 bits per heavy atom. The zero-order valence-electron chi connectivity index (χ0n) is 20.4. The van der Waals surface area contributed by atoms with Crippen LogP contribution in [-0.4, -0.2) is 41.2 Å². The quantitative estimate of drug-likeness (QED) is 0.325. The van der Waals surface area contributed by atoms with Crippen molar-refractivity contribution < 1.29 is 4.74 Å². The van der Waals surface area contributed by atoms with Crippen LogP contribution in [0.25, 0.3) is 16.6 Å². The number of allylic oxidation sites excluding steroid dienone is 5. The Morgan fingerprint density at radius 3 is 2.26 bits per heavy atom. The summed E-state index contributed by atoms with van der Waals surface area (Å²) in [6.07, 6.45) is 10.8. The van der Waals surface area contributed by atoms with Crippen molar-refractivity contribution in [2.75, 3.05) is 31.6 Å². The van der Waals surface area contributed by atoms with Crippen LogP contribution in [0, 0.1) is 0 Å². The van der Waals surface area contributed by atoms with Crippen LogP contribution in [0.5, 0.6) is 5.75 Å². The predicted molar refractivity (Wildman–Crippen MR) is 145 cm³/mol. The third kappa shape index (κ3) is 4.97. The smallest absolute Gasteiger partial charge is 0.147 e. The Labute approximate surface area is 206 Å². The van der Waals surface area contributed by atoms with E-state index in [9.17, 15) is 0 Å². The molecule has 0 N–H and O–H groups in total. The van der Waals surface area contributed by atoms with Gasteiger partial charge in [-0.15, -0.1) is 0 Å². The van der Waals surface area contributed by atoms with Crippen molar-refractivity contribution in [3.05, 3.63) is 77.4 Å². The standard InChI is InChI=1S/C28H32N4OS/c1-5-8-19-29-22-13-9-20(10-14-22)26(21-11-15-23(16-12-21)32(6-2)7-3)24-17-18-25(33-4)28-27(24)30-34-31-28/h9-18H,5-8,19H2,1-4H3. The van der Waals surface area contributed by atoms with E-state index in [1.54, 1.807) is 7.11 Å². The number of benzene rings is 2. The first kappa shape index (κ1) is 23.9. The number of ether oxygens (including phenoxy) is 1. The van der Waals surface area contributed by atoms with E-state index < -0.39 is 0 Å². The van der Waals surface area contributed by atoms with Gasteiger partial charge in [0.05, 0.1) is 24.5 Å². The molecule has 1 heterocycles. The zero-order chi connectivity index (χ0) is 23.9. The summed E-state index contributed by atoms with van der Waals surface area (Å²) in [5.74, 6) is 0.744. The summed E-state index contributed by atoms with van der Waals surface area (Å²) in [5, 5.41) is 0. The van der Waals surface area contributed by atoms with Crippen LogP contribution < -0.4 is 9.64 Å². The number of hydrogen-bond donors (Lipinski definition) is 0. The summed E-state index contributed by atoms with van der Waals surface area (Å²) in [7, 11) is 1.67. The molecule has 4 rings (SSSR count). The molecule has 2 aromatic carbocycles. The second-order valence-corrected chi connectivity index (χ2v) is 8.68. The van der Waals surface area contributed by atoms with Gasteiger partial charge in [-0.2, -0.15) is 8.75 Å². The van der Waals surface area contributed by atoms with Gasteiger partial charge < -0.3 is 9.64 Å². The van der Waals surface area contributed by atoms with Gasteiger partial charge in [-0.05, 0) is 73.4 Å². The molecule has 0 unspecified atom stereocenters. The highest BCUT2D eigenvalue weighted by Crippen LogP contribution is 2.37. The predicted octanol–water partition coefficient (Wildman–Crippen LogP) is 6.72. The maximum Gasteiger partial charge on any atom is 0.147 e. The molecule has 6 heteroatoms. The van der Waals surface area contributed by atoms with Crippen LogP contribution in [0.1, 0.15) is 44.7 Å². The zero-order valence-corrected chi connectivity index (χ0v) is 21.2. The molecule has 1 aliphatic carbocycles. The molecule has 0 aliphatic heterocycles. The molecule has 176 valence electrons. The molecule has 0 saturated heterocycles. The van der Waals surface area contributed by atoms with Gasteiger partial charge in [-0.1, -0.05) is 37.6 Å². The molecule has 0 spiro atoms. The highest BCUT2D eigenvalue weighted by atomic mass is 32.1. The van der Waals surface area contributed by atoms with E-state index in [4.69, 9.17) is 9.73 Å². The van der Waals surface area contributed by atoms with Gasteiger partial charge in [0.1, 0.15) is 16.8 Å². The minimum Gasteiger partial charge on any atom is -0.494 e. The molecule has 0 saturated carbocycles. The number of hydrogen-bond acceptors (Lipinski definition) is 6. The molecule has 5 nitrogen and oxygen atoms in total. The van der Waals surface area contributed by atoms with Crippen LogP contribution in [0.15, 0.2) is 71.3 Å². The number of rotatable bonds is 9. The number of nitrogens with zero attached hydrogens (tertiary/aromatic N) is 4. The van der Waals surface area contributed by atoms with E-state index in [1.807, 2.05) is 6.07 Å². The van der Waals surface area contributed by atoms with Gasteiger partial charge in [0.25, 0.3) is 0 Å². The van der Waals surface area contributed by atoms with E-state index >= 15 is 0 Å². The number of aliphatic imine (C=N–C) groups is 1. The summed E-state index contributed by atoms with van der Waals surface area (Å²) in [5.41, 5.74) is 8.37. The summed E-state index contributed by atoms with van der Waals surface area (Å²) < 4.78 is 14.7. The maximum atomic E-state index is 5.54. The first-order valence-electron chi connectivity index (χ1n) is 12.0.